The quantitative estimate of drug-likeness (QED) is 0.737. The number of ether oxygens (including phenoxy) is 1. The Hall–Kier alpha value is -2.24. The van der Waals surface area contributed by atoms with Gasteiger partial charge in [0.1, 0.15) is 11.4 Å². The van der Waals surface area contributed by atoms with Crippen molar-refractivity contribution in [1.29, 1.82) is 0 Å². The Morgan fingerprint density at radius 1 is 1.36 bits per heavy atom. The second-order valence-corrected chi connectivity index (χ2v) is 6.25. The Kier molecular flexibility index (Phi) is 4.88. The Morgan fingerprint density at radius 2 is 2.16 bits per heavy atom. The maximum Gasteiger partial charge on any atom is 0.257 e. The Labute approximate surface area is 156 Å². The van der Waals surface area contributed by atoms with Gasteiger partial charge in [-0.05, 0) is 18.2 Å². The Morgan fingerprint density at radius 3 is 2.96 bits per heavy atom. The van der Waals surface area contributed by atoms with Crippen molar-refractivity contribution in [3.8, 4) is 5.75 Å². The molecule has 0 unspecified atom stereocenters. The van der Waals surface area contributed by atoms with Crippen LogP contribution in [0, 0.1) is 0 Å². The lowest BCUT2D eigenvalue weighted by Crippen LogP contribution is -2.36. The molecule has 0 saturated carbocycles. The smallest absolute Gasteiger partial charge is 0.257 e. The molecular formula is C18H17Cl2N3O2. The fourth-order valence-corrected chi connectivity index (χ4v) is 3.38. The molecule has 2 aromatic heterocycles. The molecule has 5 nitrogen and oxygen atoms in total. The maximum absolute atomic E-state index is 12.9. The molecule has 130 valence electrons. The van der Waals surface area contributed by atoms with Gasteiger partial charge in [0.05, 0.1) is 17.7 Å². The maximum atomic E-state index is 12.9. The highest BCUT2D eigenvalue weighted by Crippen LogP contribution is 2.30. The number of aromatic amines is 1. The van der Waals surface area contributed by atoms with E-state index < -0.39 is 0 Å². The molecule has 0 spiro atoms. The number of hydrogen-bond donors (Lipinski definition) is 1. The molecule has 1 aliphatic rings. The van der Waals surface area contributed by atoms with Crippen molar-refractivity contribution >= 4 is 40.9 Å². The second-order valence-electron chi connectivity index (χ2n) is 5.81. The predicted molar refractivity (Wildman–Crippen MR) is 99.8 cm³/mol. The van der Waals surface area contributed by atoms with Crippen LogP contribution >= 0.6 is 24.0 Å². The molecule has 1 aliphatic heterocycles. The van der Waals surface area contributed by atoms with Crippen LogP contribution in [0.25, 0.3) is 11.0 Å². The van der Waals surface area contributed by atoms with Crippen LogP contribution in [0.4, 0.5) is 0 Å². The minimum absolute atomic E-state index is 0. The number of carbonyl (C=O) groups is 1. The summed E-state index contributed by atoms with van der Waals surface area (Å²) in [6, 6.07) is 9.20. The summed E-state index contributed by atoms with van der Waals surface area (Å²) in [6.07, 6.45) is 2.40. The van der Waals surface area contributed by atoms with E-state index in [1.54, 1.807) is 25.4 Å². The number of amides is 1. The number of rotatable bonds is 2. The van der Waals surface area contributed by atoms with Crippen molar-refractivity contribution in [3.63, 3.8) is 0 Å². The van der Waals surface area contributed by atoms with E-state index in [1.807, 2.05) is 23.1 Å². The van der Waals surface area contributed by atoms with Gasteiger partial charge in [-0.2, -0.15) is 0 Å². The summed E-state index contributed by atoms with van der Waals surface area (Å²) >= 11 is 6.08. The number of methoxy groups -OCH3 is 1. The highest BCUT2D eigenvalue weighted by atomic mass is 35.5. The first-order valence-corrected chi connectivity index (χ1v) is 8.12. The molecule has 1 amide bonds. The summed E-state index contributed by atoms with van der Waals surface area (Å²) < 4.78 is 5.32. The summed E-state index contributed by atoms with van der Waals surface area (Å²) in [5, 5.41) is 1.58. The van der Waals surface area contributed by atoms with Crippen molar-refractivity contribution in [3.05, 3.63) is 58.4 Å². The summed E-state index contributed by atoms with van der Waals surface area (Å²) in [5.41, 5.74) is 3.62. The van der Waals surface area contributed by atoms with Gasteiger partial charge in [-0.1, -0.05) is 23.7 Å². The van der Waals surface area contributed by atoms with E-state index in [0.29, 0.717) is 29.4 Å². The number of fused-ring (bicyclic) bond motifs is 3. The van der Waals surface area contributed by atoms with Crippen molar-refractivity contribution < 1.29 is 9.53 Å². The van der Waals surface area contributed by atoms with Crippen LogP contribution in [-0.2, 0) is 13.0 Å². The van der Waals surface area contributed by atoms with Gasteiger partial charge in [0, 0.05) is 42.4 Å². The average Bonchev–Trinajstić information content (AvgIpc) is 2.98. The molecule has 4 rings (SSSR count). The second kappa shape index (κ2) is 6.94. The summed E-state index contributed by atoms with van der Waals surface area (Å²) in [4.78, 5) is 22.4. The zero-order valence-electron chi connectivity index (χ0n) is 13.6. The van der Waals surface area contributed by atoms with E-state index in [0.717, 1.165) is 28.7 Å². The number of carbonyl (C=O) groups excluding carboxylic acids is 1. The fraction of sp³-hybridized carbons (Fsp3) is 0.222. The normalized spacial score (nSPS) is 13.3. The van der Waals surface area contributed by atoms with Crippen molar-refractivity contribution in [2.75, 3.05) is 13.7 Å². The number of halogens is 2. The molecule has 3 heterocycles. The van der Waals surface area contributed by atoms with Crippen molar-refractivity contribution in [1.82, 2.24) is 14.9 Å². The summed E-state index contributed by atoms with van der Waals surface area (Å²) in [5.74, 6) is 0.569. The van der Waals surface area contributed by atoms with Gasteiger partial charge in [-0.3, -0.25) is 4.79 Å². The molecule has 0 bridgehead atoms. The van der Waals surface area contributed by atoms with Crippen molar-refractivity contribution in [2.45, 2.75) is 13.0 Å². The summed E-state index contributed by atoms with van der Waals surface area (Å²) in [7, 11) is 1.58. The number of H-pyrrole nitrogens is 1. The van der Waals surface area contributed by atoms with Gasteiger partial charge in [-0.25, -0.2) is 4.98 Å². The number of nitrogens with zero attached hydrogens (tertiary/aromatic N) is 2. The lowest BCUT2D eigenvalue weighted by Gasteiger charge is -2.27. The topological polar surface area (TPSA) is 58.2 Å². The first-order valence-electron chi connectivity index (χ1n) is 7.74. The van der Waals surface area contributed by atoms with Gasteiger partial charge in [0.2, 0.25) is 0 Å². The van der Waals surface area contributed by atoms with E-state index in [2.05, 4.69) is 9.97 Å². The number of benzene rings is 1. The van der Waals surface area contributed by atoms with Gasteiger partial charge < -0.3 is 14.6 Å². The van der Waals surface area contributed by atoms with E-state index in [1.165, 1.54) is 0 Å². The number of para-hydroxylation sites is 1. The molecule has 0 aliphatic carbocycles. The number of aromatic nitrogens is 2. The molecule has 0 atom stereocenters. The molecule has 7 heteroatoms. The fourth-order valence-electron chi connectivity index (χ4n) is 3.23. The number of nitrogens with one attached hydrogen (secondary N) is 1. The third-order valence-electron chi connectivity index (χ3n) is 4.42. The van der Waals surface area contributed by atoms with E-state index in [9.17, 15) is 4.79 Å². The first kappa shape index (κ1) is 17.6. The molecule has 25 heavy (non-hydrogen) atoms. The van der Waals surface area contributed by atoms with Crippen LogP contribution < -0.4 is 4.74 Å². The standard InChI is InChI=1S/C18H16ClN3O2.ClH/c1-24-16-5-3-2-4-12(16)18(23)22-7-6-15-14(10-22)13-8-11(19)9-20-17(13)21-15;/h2-5,8-9H,6-7,10H2,1H3,(H,20,21);1H. The first-order chi connectivity index (χ1) is 11.7. The number of pyridine rings is 1. The van der Waals surface area contributed by atoms with Crippen molar-refractivity contribution in [2.24, 2.45) is 0 Å². The molecule has 1 aromatic carbocycles. The van der Waals surface area contributed by atoms with Crippen LogP contribution in [0.2, 0.25) is 5.02 Å². The minimum atomic E-state index is -0.0255. The van der Waals surface area contributed by atoms with Crippen LogP contribution in [0.15, 0.2) is 36.5 Å². The van der Waals surface area contributed by atoms with Crippen LogP contribution in [0.1, 0.15) is 21.6 Å². The highest BCUT2D eigenvalue weighted by molar-refractivity contribution is 6.31. The van der Waals surface area contributed by atoms with Crippen LogP contribution in [0.3, 0.4) is 0 Å². The molecule has 0 fully saturated rings. The third-order valence-corrected chi connectivity index (χ3v) is 4.63. The third kappa shape index (κ3) is 3.05. The largest absolute Gasteiger partial charge is 0.496 e. The highest BCUT2D eigenvalue weighted by Gasteiger charge is 2.26. The van der Waals surface area contributed by atoms with Gasteiger partial charge in [0.25, 0.3) is 5.91 Å². The minimum Gasteiger partial charge on any atom is -0.496 e. The van der Waals surface area contributed by atoms with Crippen LogP contribution in [-0.4, -0.2) is 34.4 Å². The van der Waals surface area contributed by atoms with E-state index in [-0.39, 0.29) is 18.3 Å². The SMILES string of the molecule is COc1ccccc1C(=O)N1CCc2[nH]c3ncc(Cl)cc3c2C1.Cl. The molecule has 0 radical (unpaired) electrons. The molecule has 3 aromatic rings. The van der Waals surface area contributed by atoms with Gasteiger partial charge >= 0.3 is 0 Å². The monoisotopic (exact) mass is 377 g/mol. The number of hydrogen-bond acceptors (Lipinski definition) is 3. The Balaban J connectivity index is 0.00000182. The zero-order chi connectivity index (χ0) is 16.7. The van der Waals surface area contributed by atoms with Gasteiger partial charge in [0.15, 0.2) is 0 Å². The van der Waals surface area contributed by atoms with Crippen LogP contribution in [0.5, 0.6) is 5.75 Å². The lowest BCUT2D eigenvalue weighted by molar-refractivity contribution is 0.0731. The molecule has 0 saturated heterocycles. The summed E-state index contributed by atoms with van der Waals surface area (Å²) in [6.45, 7) is 1.19. The Bertz CT molecular complexity index is 939. The molecular weight excluding hydrogens is 361 g/mol. The van der Waals surface area contributed by atoms with E-state index in [4.69, 9.17) is 16.3 Å². The van der Waals surface area contributed by atoms with Gasteiger partial charge in [-0.15, -0.1) is 12.4 Å². The zero-order valence-corrected chi connectivity index (χ0v) is 15.2. The lowest BCUT2D eigenvalue weighted by atomic mass is 10.0. The average molecular weight is 378 g/mol. The molecule has 1 N–H and O–H groups in total. The van der Waals surface area contributed by atoms with E-state index >= 15 is 0 Å². The predicted octanol–water partition coefficient (Wildman–Crippen LogP) is 3.85.